The lowest BCUT2D eigenvalue weighted by Gasteiger charge is -2.34. The normalized spacial score (nSPS) is 16.4. The molecule has 0 aromatic heterocycles. The lowest BCUT2D eigenvalue weighted by atomic mass is 9.94. The van der Waals surface area contributed by atoms with Crippen LogP contribution in [-0.2, 0) is 27.3 Å². The number of fused-ring (bicyclic) bond motifs is 2. The fourth-order valence-corrected chi connectivity index (χ4v) is 3.82. The van der Waals surface area contributed by atoms with Crippen molar-refractivity contribution in [3.63, 3.8) is 0 Å². The molecule has 5 heteroatoms. The van der Waals surface area contributed by atoms with Crippen molar-refractivity contribution in [3.05, 3.63) is 77.9 Å². The second-order valence-corrected chi connectivity index (χ2v) is 6.99. The summed E-state index contributed by atoms with van der Waals surface area (Å²) in [5.41, 5.74) is 3.04. The summed E-state index contributed by atoms with van der Waals surface area (Å²) in [4.78, 5) is 27.0. The lowest BCUT2D eigenvalue weighted by molar-refractivity contribution is -0.148. The Morgan fingerprint density at radius 1 is 1.00 bits per heavy atom. The molecule has 0 saturated heterocycles. The molecule has 1 amide bonds. The van der Waals surface area contributed by atoms with Gasteiger partial charge >= 0.3 is 5.97 Å². The van der Waals surface area contributed by atoms with E-state index >= 15 is 0 Å². The number of anilines is 1. The average molecular weight is 374 g/mol. The quantitative estimate of drug-likeness (QED) is 0.712. The van der Waals surface area contributed by atoms with Crippen LogP contribution in [0.15, 0.2) is 66.7 Å². The van der Waals surface area contributed by atoms with Crippen LogP contribution in [0.25, 0.3) is 10.8 Å². The number of carbonyl (C=O) groups excluding carboxylic acids is 2. The minimum atomic E-state index is -0.460. The van der Waals surface area contributed by atoms with Crippen LogP contribution in [0.3, 0.4) is 0 Å². The first-order valence-corrected chi connectivity index (χ1v) is 9.32. The third kappa shape index (κ3) is 3.62. The number of nitrogens with one attached hydrogen (secondary N) is 1. The van der Waals surface area contributed by atoms with Gasteiger partial charge in [-0.15, -0.1) is 0 Å². The summed E-state index contributed by atoms with van der Waals surface area (Å²) >= 11 is 0. The summed E-state index contributed by atoms with van der Waals surface area (Å²) < 4.78 is 4.98. The molecule has 4 rings (SSSR count). The second kappa shape index (κ2) is 7.82. The predicted octanol–water partition coefficient (Wildman–Crippen LogP) is 3.38. The van der Waals surface area contributed by atoms with Crippen LogP contribution in [0.1, 0.15) is 11.1 Å². The van der Waals surface area contributed by atoms with E-state index < -0.39 is 6.04 Å². The molecule has 1 aliphatic rings. The maximum absolute atomic E-state index is 12.8. The number of carbonyl (C=O) groups is 2. The molecule has 0 radical (unpaired) electrons. The van der Waals surface area contributed by atoms with E-state index in [2.05, 4.69) is 5.32 Å². The minimum absolute atomic E-state index is 0.122. The zero-order valence-electron chi connectivity index (χ0n) is 15.7. The zero-order chi connectivity index (χ0) is 19.5. The standard InChI is InChI=1S/C23H22N2O3/c1-28-23(27)21-13-17-8-2-3-9-18(17)14-25(21)15-22(26)24-20-12-6-10-16-7-4-5-11-19(16)20/h2-12,21H,13-15H2,1H3,(H,24,26). The highest BCUT2D eigenvalue weighted by Crippen LogP contribution is 2.25. The second-order valence-electron chi connectivity index (χ2n) is 6.99. The topological polar surface area (TPSA) is 58.6 Å². The van der Waals surface area contributed by atoms with Gasteiger partial charge in [0.2, 0.25) is 5.91 Å². The van der Waals surface area contributed by atoms with Gasteiger partial charge in [-0.1, -0.05) is 60.7 Å². The van der Waals surface area contributed by atoms with Crippen LogP contribution < -0.4 is 5.32 Å². The van der Waals surface area contributed by atoms with Crippen LogP contribution >= 0.6 is 0 Å². The van der Waals surface area contributed by atoms with Crippen molar-refractivity contribution in [2.24, 2.45) is 0 Å². The molecule has 142 valence electrons. The Hall–Kier alpha value is -3.18. The molecule has 1 aliphatic heterocycles. The number of hydrogen-bond acceptors (Lipinski definition) is 4. The van der Waals surface area contributed by atoms with E-state index in [1.807, 2.05) is 71.6 Å². The fraction of sp³-hybridized carbons (Fsp3) is 0.217. The van der Waals surface area contributed by atoms with Gasteiger partial charge in [0.1, 0.15) is 6.04 Å². The highest BCUT2D eigenvalue weighted by Gasteiger charge is 2.33. The fourth-order valence-electron chi connectivity index (χ4n) is 3.82. The lowest BCUT2D eigenvalue weighted by Crippen LogP contribution is -2.49. The Bertz CT molecular complexity index is 1030. The molecule has 3 aromatic carbocycles. The van der Waals surface area contributed by atoms with Crippen LogP contribution in [0.2, 0.25) is 0 Å². The highest BCUT2D eigenvalue weighted by atomic mass is 16.5. The summed E-state index contributed by atoms with van der Waals surface area (Å²) in [5.74, 6) is -0.461. The van der Waals surface area contributed by atoms with Crippen molar-refractivity contribution in [1.29, 1.82) is 0 Å². The number of amides is 1. The maximum Gasteiger partial charge on any atom is 0.323 e. The first-order chi connectivity index (χ1) is 13.7. The number of hydrogen-bond donors (Lipinski definition) is 1. The summed E-state index contributed by atoms with van der Waals surface area (Å²) in [5, 5.41) is 5.06. The third-order valence-corrected chi connectivity index (χ3v) is 5.23. The first-order valence-electron chi connectivity index (χ1n) is 9.32. The van der Waals surface area contributed by atoms with E-state index in [-0.39, 0.29) is 18.4 Å². The monoisotopic (exact) mass is 374 g/mol. The number of nitrogens with zero attached hydrogens (tertiary/aromatic N) is 1. The third-order valence-electron chi connectivity index (χ3n) is 5.23. The Balaban J connectivity index is 1.54. The molecule has 0 bridgehead atoms. The van der Waals surface area contributed by atoms with Crippen molar-refractivity contribution in [2.45, 2.75) is 19.0 Å². The number of methoxy groups -OCH3 is 1. The van der Waals surface area contributed by atoms with Gasteiger partial charge in [0, 0.05) is 17.6 Å². The molecule has 0 aliphatic carbocycles. The zero-order valence-corrected chi connectivity index (χ0v) is 15.7. The van der Waals surface area contributed by atoms with Gasteiger partial charge < -0.3 is 10.1 Å². The Labute approximate surface area is 163 Å². The van der Waals surface area contributed by atoms with Crippen molar-refractivity contribution >= 4 is 28.3 Å². The molecule has 1 N–H and O–H groups in total. The molecule has 3 aromatic rings. The van der Waals surface area contributed by atoms with Crippen molar-refractivity contribution < 1.29 is 14.3 Å². The van der Waals surface area contributed by atoms with E-state index in [1.165, 1.54) is 7.11 Å². The molecular formula is C23H22N2O3. The largest absolute Gasteiger partial charge is 0.468 e. The SMILES string of the molecule is COC(=O)C1Cc2ccccc2CN1CC(=O)Nc1cccc2ccccc12. The Kier molecular flexibility index (Phi) is 5.08. The molecule has 0 fully saturated rings. The molecule has 1 heterocycles. The Morgan fingerprint density at radius 2 is 1.71 bits per heavy atom. The molecule has 1 atom stereocenters. The maximum atomic E-state index is 12.8. The van der Waals surface area contributed by atoms with Crippen LogP contribution in [0, 0.1) is 0 Å². The van der Waals surface area contributed by atoms with E-state index in [4.69, 9.17) is 4.74 Å². The molecule has 5 nitrogen and oxygen atoms in total. The highest BCUT2D eigenvalue weighted by molar-refractivity contribution is 6.02. The molecule has 28 heavy (non-hydrogen) atoms. The van der Waals surface area contributed by atoms with E-state index in [9.17, 15) is 9.59 Å². The van der Waals surface area contributed by atoms with Crippen LogP contribution in [0.4, 0.5) is 5.69 Å². The molecule has 1 unspecified atom stereocenters. The minimum Gasteiger partial charge on any atom is -0.468 e. The van der Waals surface area contributed by atoms with Gasteiger partial charge in [0.15, 0.2) is 0 Å². The van der Waals surface area contributed by atoms with Gasteiger partial charge in [0.25, 0.3) is 0 Å². The van der Waals surface area contributed by atoms with Gasteiger partial charge in [-0.25, -0.2) is 0 Å². The number of rotatable bonds is 4. The molecular weight excluding hydrogens is 352 g/mol. The smallest absolute Gasteiger partial charge is 0.323 e. The summed E-state index contributed by atoms with van der Waals surface area (Å²) in [7, 11) is 1.39. The van der Waals surface area contributed by atoms with E-state index in [0.717, 1.165) is 27.6 Å². The van der Waals surface area contributed by atoms with Crippen molar-refractivity contribution in [2.75, 3.05) is 19.0 Å². The summed E-state index contributed by atoms with van der Waals surface area (Å²) in [6.45, 7) is 0.663. The van der Waals surface area contributed by atoms with Gasteiger partial charge in [0.05, 0.1) is 13.7 Å². The average Bonchev–Trinajstić information content (AvgIpc) is 2.73. The van der Waals surface area contributed by atoms with E-state index in [0.29, 0.717) is 13.0 Å². The number of esters is 1. The molecule has 0 spiro atoms. The summed E-state index contributed by atoms with van der Waals surface area (Å²) in [6.07, 6.45) is 0.546. The number of benzene rings is 3. The van der Waals surface area contributed by atoms with Crippen LogP contribution in [-0.4, -0.2) is 36.5 Å². The Morgan fingerprint density at radius 3 is 2.54 bits per heavy atom. The molecule has 0 saturated carbocycles. The van der Waals surface area contributed by atoms with Gasteiger partial charge in [-0.2, -0.15) is 0 Å². The van der Waals surface area contributed by atoms with Crippen LogP contribution in [0.5, 0.6) is 0 Å². The van der Waals surface area contributed by atoms with Crippen molar-refractivity contribution in [1.82, 2.24) is 4.90 Å². The first kappa shape index (κ1) is 18.2. The van der Waals surface area contributed by atoms with Crippen molar-refractivity contribution in [3.8, 4) is 0 Å². The van der Waals surface area contributed by atoms with Gasteiger partial charge in [-0.05, 0) is 29.0 Å². The predicted molar refractivity (Wildman–Crippen MR) is 109 cm³/mol. The number of ether oxygens (including phenoxy) is 1. The van der Waals surface area contributed by atoms with Gasteiger partial charge in [-0.3, -0.25) is 14.5 Å². The summed E-state index contributed by atoms with van der Waals surface area (Å²) in [6, 6.07) is 21.3. The van der Waals surface area contributed by atoms with E-state index in [1.54, 1.807) is 0 Å².